The molecule has 1 aromatic heterocycles. The fourth-order valence-corrected chi connectivity index (χ4v) is 5.60. The van der Waals surface area contributed by atoms with Gasteiger partial charge in [0.15, 0.2) is 0 Å². The summed E-state index contributed by atoms with van der Waals surface area (Å²) in [5.41, 5.74) is 0.860. The van der Waals surface area contributed by atoms with Gasteiger partial charge in [0.2, 0.25) is 0 Å². The van der Waals surface area contributed by atoms with Crippen LogP contribution in [-0.2, 0) is 15.7 Å². The SMILES string of the molecule is O=P(O)(O)C(O)(CCC1CCCCC1NCc1ccccn1)P(=O)(O)O. The highest BCUT2D eigenvalue weighted by molar-refractivity contribution is 7.72. The van der Waals surface area contributed by atoms with E-state index in [-0.39, 0.29) is 18.4 Å². The van der Waals surface area contributed by atoms with Crippen LogP contribution in [0.5, 0.6) is 0 Å². The van der Waals surface area contributed by atoms with Gasteiger partial charge in [0.25, 0.3) is 5.08 Å². The second-order valence-corrected chi connectivity index (χ2v) is 10.8. The molecule has 1 fully saturated rings. The molecule has 1 aromatic rings. The zero-order chi connectivity index (χ0) is 19.4. The lowest BCUT2D eigenvalue weighted by Crippen LogP contribution is -2.39. The molecule has 1 aliphatic rings. The Morgan fingerprint density at radius 3 is 2.35 bits per heavy atom. The smallest absolute Gasteiger partial charge is 0.368 e. The molecular formula is C15H26N2O7P2. The van der Waals surface area contributed by atoms with Crippen LogP contribution in [0.4, 0.5) is 0 Å². The molecule has 0 amide bonds. The van der Waals surface area contributed by atoms with Crippen molar-refractivity contribution in [1.29, 1.82) is 0 Å². The molecule has 0 bridgehead atoms. The summed E-state index contributed by atoms with van der Waals surface area (Å²) in [6.45, 7) is 0.531. The summed E-state index contributed by atoms with van der Waals surface area (Å²) in [6, 6.07) is 5.61. The van der Waals surface area contributed by atoms with Crippen molar-refractivity contribution in [2.24, 2.45) is 5.92 Å². The second-order valence-electron chi connectivity index (χ2n) is 6.75. The van der Waals surface area contributed by atoms with Gasteiger partial charge in [-0.05, 0) is 37.3 Å². The number of nitrogens with zero attached hydrogens (tertiary/aromatic N) is 1. The van der Waals surface area contributed by atoms with Crippen molar-refractivity contribution in [3.63, 3.8) is 0 Å². The van der Waals surface area contributed by atoms with E-state index in [9.17, 15) is 33.8 Å². The Morgan fingerprint density at radius 1 is 1.12 bits per heavy atom. The van der Waals surface area contributed by atoms with E-state index in [1.54, 1.807) is 6.20 Å². The lowest BCUT2D eigenvalue weighted by Gasteiger charge is -2.35. The summed E-state index contributed by atoms with van der Waals surface area (Å²) in [5.74, 6) is -0.0444. The summed E-state index contributed by atoms with van der Waals surface area (Å²) in [4.78, 5) is 41.3. The first-order valence-corrected chi connectivity index (χ1v) is 11.7. The zero-order valence-electron chi connectivity index (χ0n) is 14.3. The van der Waals surface area contributed by atoms with Gasteiger partial charge in [-0.3, -0.25) is 14.1 Å². The lowest BCUT2D eigenvalue weighted by atomic mass is 9.81. The number of aliphatic hydroxyl groups is 1. The molecule has 1 aliphatic carbocycles. The minimum atomic E-state index is -5.40. The Kier molecular flexibility index (Phi) is 7.16. The average molecular weight is 408 g/mol. The minimum Gasteiger partial charge on any atom is -0.368 e. The highest BCUT2D eigenvalue weighted by Gasteiger charge is 2.59. The topological polar surface area (TPSA) is 160 Å². The van der Waals surface area contributed by atoms with Crippen LogP contribution in [0, 0.1) is 5.92 Å². The molecule has 26 heavy (non-hydrogen) atoms. The van der Waals surface area contributed by atoms with E-state index in [0.29, 0.717) is 6.54 Å². The second kappa shape index (κ2) is 8.59. The Hall–Kier alpha value is -0.630. The first-order valence-electron chi connectivity index (χ1n) is 8.51. The van der Waals surface area contributed by atoms with Crippen molar-refractivity contribution in [2.45, 2.75) is 56.2 Å². The van der Waals surface area contributed by atoms with Gasteiger partial charge in [-0.2, -0.15) is 0 Å². The van der Waals surface area contributed by atoms with Crippen molar-refractivity contribution >= 4 is 15.2 Å². The summed E-state index contributed by atoms with van der Waals surface area (Å²) in [6.07, 6.45) is 4.67. The fraction of sp³-hybridized carbons (Fsp3) is 0.667. The van der Waals surface area contributed by atoms with Crippen molar-refractivity contribution in [3.05, 3.63) is 30.1 Å². The maximum atomic E-state index is 11.5. The highest BCUT2D eigenvalue weighted by Crippen LogP contribution is 2.69. The molecule has 0 radical (unpaired) electrons. The number of nitrogens with one attached hydrogen (secondary N) is 1. The molecule has 0 spiro atoms. The molecule has 0 saturated heterocycles. The molecule has 9 nitrogen and oxygen atoms in total. The largest absolute Gasteiger partial charge is 0.369 e. The minimum absolute atomic E-state index is 0.0311. The molecule has 2 unspecified atom stereocenters. The predicted octanol–water partition coefficient (Wildman–Crippen LogP) is 1.51. The summed E-state index contributed by atoms with van der Waals surface area (Å²) >= 11 is 0. The molecule has 0 aromatic carbocycles. The summed E-state index contributed by atoms with van der Waals surface area (Å²) < 4.78 is 23.0. The third-order valence-electron chi connectivity index (χ3n) is 4.96. The quantitative estimate of drug-likeness (QED) is 0.350. The predicted molar refractivity (Wildman–Crippen MR) is 95.1 cm³/mol. The normalized spacial score (nSPS) is 22.3. The Morgan fingerprint density at radius 2 is 1.77 bits per heavy atom. The van der Waals surface area contributed by atoms with E-state index in [1.165, 1.54) is 0 Å². The van der Waals surface area contributed by atoms with Crippen LogP contribution in [0.1, 0.15) is 44.2 Å². The zero-order valence-corrected chi connectivity index (χ0v) is 16.1. The number of aromatic nitrogens is 1. The van der Waals surface area contributed by atoms with Crippen molar-refractivity contribution in [3.8, 4) is 0 Å². The average Bonchev–Trinajstić information content (AvgIpc) is 2.57. The van der Waals surface area contributed by atoms with Crippen LogP contribution in [0.25, 0.3) is 0 Å². The van der Waals surface area contributed by atoms with Crippen LogP contribution < -0.4 is 5.32 Å². The van der Waals surface area contributed by atoms with Gasteiger partial charge in [-0.25, -0.2) is 0 Å². The van der Waals surface area contributed by atoms with Gasteiger partial charge >= 0.3 is 15.2 Å². The van der Waals surface area contributed by atoms with Crippen LogP contribution in [0.15, 0.2) is 24.4 Å². The van der Waals surface area contributed by atoms with Gasteiger partial charge in [-0.1, -0.05) is 18.9 Å². The van der Waals surface area contributed by atoms with Gasteiger partial charge in [-0.15, -0.1) is 0 Å². The maximum Gasteiger partial charge on any atom is 0.369 e. The molecular weight excluding hydrogens is 382 g/mol. The molecule has 0 aliphatic heterocycles. The van der Waals surface area contributed by atoms with Crippen LogP contribution >= 0.6 is 15.2 Å². The molecule has 1 heterocycles. The molecule has 148 valence electrons. The summed E-state index contributed by atoms with van der Waals surface area (Å²) in [7, 11) is -10.8. The maximum absolute atomic E-state index is 11.5. The Balaban J connectivity index is 2.03. The van der Waals surface area contributed by atoms with Gasteiger partial charge in [0.1, 0.15) is 0 Å². The Bertz CT molecular complexity index is 654. The first kappa shape index (κ1) is 21.7. The number of hydrogen-bond acceptors (Lipinski definition) is 5. The van der Waals surface area contributed by atoms with Crippen molar-refractivity contribution in [2.75, 3.05) is 0 Å². The van der Waals surface area contributed by atoms with E-state index in [1.807, 2.05) is 18.2 Å². The number of pyridine rings is 1. The monoisotopic (exact) mass is 408 g/mol. The lowest BCUT2D eigenvalue weighted by molar-refractivity contribution is 0.109. The van der Waals surface area contributed by atoms with Gasteiger partial charge < -0.3 is 30.0 Å². The van der Waals surface area contributed by atoms with Crippen molar-refractivity contribution in [1.82, 2.24) is 10.3 Å². The number of rotatable bonds is 8. The van der Waals surface area contributed by atoms with Gasteiger partial charge in [0, 0.05) is 25.2 Å². The van der Waals surface area contributed by atoms with Crippen LogP contribution in [0.3, 0.4) is 0 Å². The molecule has 6 N–H and O–H groups in total. The molecule has 2 rings (SSSR count). The molecule has 11 heteroatoms. The van der Waals surface area contributed by atoms with E-state index >= 15 is 0 Å². The van der Waals surface area contributed by atoms with E-state index in [4.69, 9.17) is 0 Å². The van der Waals surface area contributed by atoms with E-state index in [0.717, 1.165) is 31.4 Å². The third kappa shape index (κ3) is 5.21. The first-order chi connectivity index (χ1) is 12.0. The van der Waals surface area contributed by atoms with Crippen molar-refractivity contribution < 1.29 is 33.8 Å². The Labute approximate surface area is 152 Å². The number of hydrogen-bond donors (Lipinski definition) is 6. The molecule has 2 atom stereocenters. The summed E-state index contributed by atoms with van der Waals surface area (Å²) in [5, 5.41) is 10.1. The van der Waals surface area contributed by atoms with Gasteiger partial charge in [0.05, 0.1) is 5.69 Å². The third-order valence-corrected chi connectivity index (χ3v) is 8.84. The molecule has 1 saturated carbocycles. The van der Waals surface area contributed by atoms with E-state index in [2.05, 4.69) is 10.3 Å². The van der Waals surface area contributed by atoms with E-state index < -0.39 is 26.7 Å². The standard InChI is InChI=1S/C15H26N2O7P2/c18-15(25(19,20)21,26(22,23)24)9-8-12-5-1-2-7-14(12)17-11-13-6-3-4-10-16-13/h3-4,6,10,12,14,17-18H,1-2,5,7-9,11H2,(H2,19,20,21)(H2,22,23,24). The van der Waals surface area contributed by atoms with Crippen LogP contribution in [-0.4, -0.2) is 40.8 Å². The fourth-order valence-electron chi connectivity index (χ4n) is 3.40. The van der Waals surface area contributed by atoms with Crippen LogP contribution in [0.2, 0.25) is 0 Å². The highest BCUT2D eigenvalue weighted by atomic mass is 31.2.